The van der Waals surface area contributed by atoms with Crippen molar-refractivity contribution in [2.24, 2.45) is 0 Å². The quantitative estimate of drug-likeness (QED) is 0.766. The summed E-state index contributed by atoms with van der Waals surface area (Å²) in [6, 6.07) is 17.0. The van der Waals surface area contributed by atoms with Crippen LogP contribution in [0, 0.1) is 0 Å². The molecule has 1 aliphatic heterocycles. The fourth-order valence-electron chi connectivity index (χ4n) is 4.62. The Hall–Kier alpha value is -2.68. The lowest BCUT2D eigenvalue weighted by atomic mass is 9.73. The maximum absolute atomic E-state index is 13.2. The molecule has 0 bridgehead atoms. The summed E-state index contributed by atoms with van der Waals surface area (Å²) in [7, 11) is 0. The molecule has 1 N–H and O–H groups in total. The molecule has 29 heavy (non-hydrogen) atoms. The third kappa shape index (κ3) is 3.91. The minimum absolute atomic E-state index is 0.0106. The van der Waals surface area contributed by atoms with Crippen LogP contribution in [0.3, 0.4) is 0 Å². The highest BCUT2D eigenvalue weighted by Crippen LogP contribution is 2.42. The molecule has 2 unspecified atom stereocenters. The SMILES string of the molecule is CCc1ccc(C2CC(=O)C3=C(C2)NC(=O)CC3c2ccc(C(C)C)cc2)cc1. The average Bonchev–Trinajstić information content (AvgIpc) is 2.73. The maximum Gasteiger partial charge on any atom is 0.225 e. The zero-order chi connectivity index (χ0) is 20.5. The summed E-state index contributed by atoms with van der Waals surface area (Å²) < 4.78 is 0. The lowest BCUT2D eigenvalue weighted by molar-refractivity contribution is -0.122. The second-order valence-corrected chi connectivity index (χ2v) is 8.64. The first-order valence-corrected chi connectivity index (χ1v) is 10.7. The second-order valence-electron chi connectivity index (χ2n) is 8.64. The fraction of sp³-hybridized carbons (Fsp3) is 0.385. The van der Waals surface area contributed by atoms with Gasteiger partial charge in [-0.15, -0.1) is 0 Å². The van der Waals surface area contributed by atoms with Gasteiger partial charge in [0.15, 0.2) is 5.78 Å². The van der Waals surface area contributed by atoms with E-state index >= 15 is 0 Å². The Bertz CT molecular complexity index is 951. The third-order valence-electron chi connectivity index (χ3n) is 6.40. The molecule has 0 fully saturated rings. The van der Waals surface area contributed by atoms with Gasteiger partial charge >= 0.3 is 0 Å². The molecule has 0 radical (unpaired) electrons. The van der Waals surface area contributed by atoms with Crippen molar-refractivity contribution in [3.8, 4) is 0 Å². The Balaban J connectivity index is 1.65. The molecule has 2 aliphatic rings. The lowest BCUT2D eigenvalue weighted by Gasteiger charge is -2.34. The van der Waals surface area contributed by atoms with Crippen LogP contribution in [0.25, 0.3) is 0 Å². The van der Waals surface area contributed by atoms with Crippen LogP contribution in [0.2, 0.25) is 0 Å². The van der Waals surface area contributed by atoms with Gasteiger partial charge in [-0.2, -0.15) is 0 Å². The van der Waals surface area contributed by atoms with Gasteiger partial charge in [0.05, 0.1) is 0 Å². The molecule has 0 saturated carbocycles. The van der Waals surface area contributed by atoms with Gasteiger partial charge in [-0.3, -0.25) is 9.59 Å². The molecule has 0 spiro atoms. The minimum atomic E-state index is -0.129. The number of Topliss-reactive ketones (excluding diaryl/α,β-unsaturated/α-hetero) is 1. The van der Waals surface area contributed by atoms with Gasteiger partial charge < -0.3 is 5.32 Å². The summed E-state index contributed by atoms with van der Waals surface area (Å²) in [6.07, 6.45) is 2.59. The number of allylic oxidation sites excluding steroid dienone is 2. The van der Waals surface area contributed by atoms with Crippen LogP contribution in [-0.4, -0.2) is 11.7 Å². The fourth-order valence-corrected chi connectivity index (χ4v) is 4.62. The van der Waals surface area contributed by atoms with Gasteiger partial charge in [0.1, 0.15) is 0 Å². The molecular weight excluding hydrogens is 358 g/mol. The molecule has 3 nitrogen and oxygen atoms in total. The van der Waals surface area contributed by atoms with Crippen molar-refractivity contribution in [2.75, 3.05) is 0 Å². The third-order valence-corrected chi connectivity index (χ3v) is 6.40. The molecule has 3 heteroatoms. The van der Waals surface area contributed by atoms with E-state index in [4.69, 9.17) is 0 Å². The van der Waals surface area contributed by atoms with Crippen molar-refractivity contribution >= 4 is 11.7 Å². The number of hydrogen-bond acceptors (Lipinski definition) is 2. The van der Waals surface area contributed by atoms with Crippen LogP contribution in [0.1, 0.15) is 80.0 Å². The van der Waals surface area contributed by atoms with Gasteiger partial charge in [0.25, 0.3) is 0 Å². The normalized spacial score (nSPS) is 21.9. The highest BCUT2D eigenvalue weighted by Gasteiger charge is 2.38. The Kier molecular flexibility index (Phi) is 5.40. The Labute approximate surface area is 173 Å². The van der Waals surface area contributed by atoms with Crippen LogP contribution in [-0.2, 0) is 16.0 Å². The summed E-state index contributed by atoms with van der Waals surface area (Å²) >= 11 is 0. The highest BCUT2D eigenvalue weighted by molar-refractivity contribution is 6.02. The van der Waals surface area contributed by atoms with E-state index in [0.717, 1.165) is 29.7 Å². The summed E-state index contributed by atoms with van der Waals surface area (Å²) in [6.45, 7) is 6.48. The summed E-state index contributed by atoms with van der Waals surface area (Å²) in [5.41, 5.74) is 6.47. The van der Waals surface area contributed by atoms with E-state index in [1.54, 1.807) is 0 Å². The Morgan fingerprint density at radius 3 is 2.17 bits per heavy atom. The number of nitrogens with one attached hydrogen (secondary N) is 1. The van der Waals surface area contributed by atoms with E-state index in [-0.39, 0.29) is 23.5 Å². The molecule has 1 aliphatic carbocycles. The van der Waals surface area contributed by atoms with E-state index in [9.17, 15) is 9.59 Å². The zero-order valence-electron chi connectivity index (χ0n) is 17.5. The predicted molar refractivity (Wildman–Crippen MR) is 116 cm³/mol. The lowest BCUT2D eigenvalue weighted by Crippen LogP contribution is -2.38. The van der Waals surface area contributed by atoms with Gasteiger partial charge in [0.2, 0.25) is 5.91 Å². The zero-order valence-corrected chi connectivity index (χ0v) is 17.5. The number of ketones is 1. The number of rotatable bonds is 4. The number of aryl methyl sites for hydroxylation is 1. The molecule has 0 saturated heterocycles. The van der Waals surface area contributed by atoms with Crippen LogP contribution in [0.15, 0.2) is 59.8 Å². The van der Waals surface area contributed by atoms with E-state index in [2.05, 4.69) is 74.6 Å². The monoisotopic (exact) mass is 387 g/mol. The predicted octanol–water partition coefficient (Wildman–Crippen LogP) is 5.38. The van der Waals surface area contributed by atoms with Crippen molar-refractivity contribution in [2.45, 2.75) is 64.2 Å². The second kappa shape index (κ2) is 7.98. The van der Waals surface area contributed by atoms with Gasteiger partial charge in [-0.1, -0.05) is 69.3 Å². The van der Waals surface area contributed by atoms with Gasteiger partial charge in [-0.05, 0) is 46.9 Å². The van der Waals surface area contributed by atoms with Gasteiger partial charge in [0, 0.05) is 30.0 Å². The number of benzene rings is 2. The number of hydrogen-bond donors (Lipinski definition) is 1. The average molecular weight is 388 g/mol. The molecule has 2 aromatic rings. The van der Waals surface area contributed by atoms with E-state index in [1.165, 1.54) is 16.7 Å². The number of carbonyl (C=O) groups is 2. The topological polar surface area (TPSA) is 46.2 Å². The molecule has 0 aromatic heterocycles. The first kappa shape index (κ1) is 19.6. The maximum atomic E-state index is 13.2. The van der Waals surface area contributed by atoms with Crippen molar-refractivity contribution < 1.29 is 9.59 Å². The number of carbonyl (C=O) groups excluding carboxylic acids is 2. The largest absolute Gasteiger partial charge is 0.329 e. The van der Waals surface area contributed by atoms with Crippen LogP contribution in [0.5, 0.6) is 0 Å². The van der Waals surface area contributed by atoms with Crippen molar-refractivity contribution in [3.05, 3.63) is 82.1 Å². The molecule has 1 heterocycles. The van der Waals surface area contributed by atoms with E-state index in [1.807, 2.05) is 0 Å². The van der Waals surface area contributed by atoms with Gasteiger partial charge in [-0.25, -0.2) is 0 Å². The Morgan fingerprint density at radius 2 is 1.55 bits per heavy atom. The first-order valence-electron chi connectivity index (χ1n) is 10.7. The summed E-state index contributed by atoms with van der Waals surface area (Å²) in [5, 5.41) is 3.02. The van der Waals surface area contributed by atoms with Crippen LogP contribution < -0.4 is 5.32 Å². The van der Waals surface area contributed by atoms with Crippen LogP contribution in [0.4, 0.5) is 0 Å². The highest BCUT2D eigenvalue weighted by atomic mass is 16.2. The molecule has 2 atom stereocenters. The van der Waals surface area contributed by atoms with Crippen molar-refractivity contribution in [1.82, 2.24) is 5.32 Å². The molecule has 1 amide bonds. The molecular formula is C26H29NO2. The molecule has 2 aromatic carbocycles. The standard InChI is InChI=1S/C26H29NO2/c1-4-17-5-7-19(8-6-17)21-13-23-26(24(28)14-21)22(15-25(29)27-23)20-11-9-18(10-12-20)16(2)3/h5-12,16,21-22H,4,13-15H2,1-3H3,(H,27,29). The minimum Gasteiger partial charge on any atom is -0.329 e. The molecule has 4 rings (SSSR count). The van der Waals surface area contributed by atoms with Crippen molar-refractivity contribution in [3.63, 3.8) is 0 Å². The van der Waals surface area contributed by atoms with Crippen molar-refractivity contribution in [1.29, 1.82) is 0 Å². The van der Waals surface area contributed by atoms with E-state index in [0.29, 0.717) is 18.8 Å². The number of amides is 1. The summed E-state index contributed by atoms with van der Waals surface area (Å²) in [4.78, 5) is 25.6. The Morgan fingerprint density at radius 1 is 0.897 bits per heavy atom. The van der Waals surface area contributed by atoms with E-state index < -0.39 is 0 Å². The first-order chi connectivity index (χ1) is 14.0. The summed E-state index contributed by atoms with van der Waals surface area (Å²) in [5.74, 6) is 0.653. The molecule has 150 valence electrons. The smallest absolute Gasteiger partial charge is 0.225 e. The van der Waals surface area contributed by atoms with Crippen LogP contribution >= 0.6 is 0 Å².